The summed E-state index contributed by atoms with van der Waals surface area (Å²) in [4.78, 5) is 13.6. The molecule has 1 heterocycles. The summed E-state index contributed by atoms with van der Waals surface area (Å²) in [5, 5.41) is 13.0. The molecule has 0 spiro atoms. The zero-order valence-electron chi connectivity index (χ0n) is 11.2. The van der Waals surface area contributed by atoms with Crippen molar-refractivity contribution in [2.24, 2.45) is 0 Å². The van der Waals surface area contributed by atoms with Gasteiger partial charge in [0.1, 0.15) is 0 Å². The van der Waals surface area contributed by atoms with Crippen LogP contribution < -0.4 is 5.32 Å². The lowest BCUT2D eigenvalue weighted by Gasteiger charge is -2.33. The third kappa shape index (κ3) is 6.14. The third-order valence-corrected chi connectivity index (χ3v) is 2.91. The van der Waals surface area contributed by atoms with Gasteiger partial charge in [0, 0.05) is 32.6 Å². The first-order valence-electron chi connectivity index (χ1n) is 6.43. The van der Waals surface area contributed by atoms with Gasteiger partial charge in [0.15, 0.2) is 0 Å². The largest absolute Gasteiger partial charge is 0.387 e. The molecule has 0 aliphatic carbocycles. The van der Waals surface area contributed by atoms with E-state index in [0.29, 0.717) is 32.6 Å². The van der Waals surface area contributed by atoms with Gasteiger partial charge in [0.2, 0.25) is 5.91 Å². The number of carbonyl (C=O) groups excluding carboxylic acids is 1. The normalized spacial score (nSPS) is 20.1. The lowest BCUT2D eigenvalue weighted by molar-refractivity contribution is -0.122. The van der Waals surface area contributed by atoms with Gasteiger partial charge >= 0.3 is 0 Å². The van der Waals surface area contributed by atoms with Gasteiger partial charge in [-0.05, 0) is 13.3 Å². The zero-order valence-corrected chi connectivity index (χ0v) is 11.2. The number of aliphatic hydroxyl groups is 1. The number of nitrogens with one attached hydrogen (secondary N) is 1. The summed E-state index contributed by atoms with van der Waals surface area (Å²) >= 11 is 0. The maximum atomic E-state index is 11.4. The predicted octanol–water partition coefficient (Wildman–Crippen LogP) is 0.152. The Morgan fingerprint density at radius 1 is 1.56 bits per heavy atom. The average molecular weight is 256 g/mol. The van der Waals surface area contributed by atoms with Crippen LogP contribution in [0.2, 0.25) is 0 Å². The van der Waals surface area contributed by atoms with Crippen LogP contribution in [-0.2, 0) is 9.53 Å². The number of ether oxygens (including phenoxy) is 1. The Bertz CT molecular complexity index is 273. The Morgan fingerprint density at radius 2 is 2.22 bits per heavy atom. The summed E-state index contributed by atoms with van der Waals surface area (Å²) in [6, 6.07) is 0. The molecule has 2 N–H and O–H groups in total. The summed E-state index contributed by atoms with van der Waals surface area (Å²) in [6.45, 7) is 9.24. The lowest BCUT2D eigenvalue weighted by atomic mass is 10.1. The molecule has 1 fully saturated rings. The molecule has 104 valence electrons. The van der Waals surface area contributed by atoms with Crippen molar-refractivity contribution >= 4 is 5.91 Å². The van der Waals surface area contributed by atoms with Crippen molar-refractivity contribution in [3.05, 3.63) is 12.7 Å². The topological polar surface area (TPSA) is 61.8 Å². The van der Waals surface area contributed by atoms with Gasteiger partial charge in [-0.3, -0.25) is 9.69 Å². The molecule has 0 aromatic heterocycles. The Labute approximate surface area is 109 Å². The zero-order chi connectivity index (χ0) is 13.4. The molecular weight excluding hydrogens is 232 g/mol. The number of rotatable bonds is 7. The number of nitrogens with zero attached hydrogens (tertiary/aromatic N) is 1. The molecule has 5 heteroatoms. The molecule has 0 aromatic rings. The highest BCUT2D eigenvalue weighted by Crippen LogP contribution is 2.07. The van der Waals surface area contributed by atoms with E-state index in [1.165, 1.54) is 0 Å². The molecule has 1 aliphatic rings. The fourth-order valence-electron chi connectivity index (χ4n) is 1.91. The maximum absolute atomic E-state index is 11.4. The predicted molar refractivity (Wildman–Crippen MR) is 70.3 cm³/mol. The molecular formula is C13H24N2O3. The monoisotopic (exact) mass is 256 g/mol. The van der Waals surface area contributed by atoms with Crippen molar-refractivity contribution in [2.75, 3.05) is 39.4 Å². The van der Waals surface area contributed by atoms with Gasteiger partial charge in [-0.25, -0.2) is 0 Å². The van der Waals surface area contributed by atoms with Gasteiger partial charge < -0.3 is 15.2 Å². The summed E-state index contributed by atoms with van der Waals surface area (Å²) in [5.74, 6) is -0.0443. The van der Waals surface area contributed by atoms with Crippen molar-refractivity contribution in [3.63, 3.8) is 0 Å². The number of β-amino-alcohol motifs (C(OH)–C–C–N with tert-alkyl or cyclic N) is 1. The van der Waals surface area contributed by atoms with Crippen LogP contribution in [-0.4, -0.2) is 60.9 Å². The number of amides is 1. The molecule has 0 aromatic carbocycles. The fraction of sp³-hybridized carbons (Fsp3) is 0.769. The summed E-state index contributed by atoms with van der Waals surface area (Å²) < 4.78 is 5.25. The third-order valence-electron chi connectivity index (χ3n) is 2.91. The minimum Gasteiger partial charge on any atom is -0.387 e. The van der Waals surface area contributed by atoms with Crippen LogP contribution in [0.3, 0.4) is 0 Å². The Balaban J connectivity index is 2.25. The number of carbonyl (C=O) groups is 1. The van der Waals surface area contributed by atoms with Crippen LogP contribution in [0.4, 0.5) is 0 Å². The van der Waals surface area contributed by atoms with E-state index in [2.05, 4.69) is 16.8 Å². The first kappa shape index (κ1) is 15.1. The highest BCUT2D eigenvalue weighted by molar-refractivity contribution is 5.76. The second kappa shape index (κ2) is 7.51. The molecule has 1 atom stereocenters. The minimum atomic E-state index is -0.902. The first-order valence-corrected chi connectivity index (χ1v) is 6.43. The van der Waals surface area contributed by atoms with Crippen molar-refractivity contribution in [2.45, 2.75) is 25.4 Å². The van der Waals surface area contributed by atoms with E-state index in [1.54, 1.807) is 13.0 Å². The van der Waals surface area contributed by atoms with Crippen molar-refractivity contribution < 1.29 is 14.6 Å². The highest BCUT2D eigenvalue weighted by Gasteiger charge is 2.25. The van der Waals surface area contributed by atoms with Crippen molar-refractivity contribution in [3.8, 4) is 0 Å². The Morgan fingerprint density at radius 3 is 2.83 bits per heavy atom. The molecule has 5 nitrogen and oxygen atoms in total. The van der Waals surface area contributed by atoms with Crippen LogP contribution in [0.5, 0.6) is 0 Å². The summed E-state index contributed by atoms with van der Waals surface area (Å²) in [6.07, 6.45) is 2.81. The first-order chi connectivity index (χ1) is 8.53. The fourth-order valence-corrected chi connectivity index (χ4v) is 1.91. The Hall–Kier alpha value is -0.910. The summed E-state index contributed by atoms with van der Waals surface area (Å²) in [7, 11) is 0. The Kier molecular flexibility index (Phi) is 6.32. The second-order valence-electron chi connectivity index (χ2n) is 4.99. The molecule has 1 unspecified atom stereocenters. The van der Waals surface area contributed by atoms with E-state index in [0.717, 1.165) is 13.1 Å². The molecule has 1 saturated heterocycles. The molecule has 0 bridgehead atoms. The highest BCUT2D eigenvalue weighted by atomic mass is 16.5. The SMILES string of the molecule is C=CCCC(=O)NCC(C)(O)CN1CCOCC1. The second-order valence-corrected chi connectivity index (χ2v) is 4.99. The van der Waals surface area contributed by atoms with Crippen LogP contribution >= 0.6 is 0 Å². The average Bonchev–Trinajstić information content (AvgIpc) is 2.35. The molecule has 0 radical (unpaired) electrons. The van der Waals surface area contributed by atoms with Gasteiger partial charge in [0.25, 0.3) is 0 Å². The number of hydrogen-bond acceptors (Lipinski definition) is 4. The molecule has 0 saturated carbocycles. The van der Waals surface area contributed by atoms with Crippen molar-refractivity contribution in [1.29, 1.82) is 0 Å². The smallest absolute Gasteiger partial charge is 0.220 e. The molecule has 1 amide bonds. The number of hydrogen-bond donors (Lipinski definition) is 2. The van der Waals surface area contributed by atoms with Gasteiger partial charge in [-0.1, -0.05) is 6.08 Å². The van der Waals surface area contributed by atoms with Gasteiger partial charge in [-0.2, -0.15) is 0 Å². The molecule has 1 aliphatic heterocycles. The van der Waals surface area contributed by atoms with Gasteiger partial charge in [0.05, 0.1) is 18.8 Å². The quantitative estimate of drug-likeness (QED) is 0.637. The van der Waals surface area contributed by atoms with E-state index in [1.807, 2.05) is 0 Å². The van der Waals surface area contributed by atoms with Gasteiger partial charge in [-0.15, -0.1) is 6.58 Å². The number of morpholine rings is 1. The molecule has 18 heavy (non-hydrogen) atoms. The lowest BCUT2D eigenvalue weighted by Crippen LogP contribution is -2.51. The van der Waals surface area contributed by atoms with Crippen LogP contribution in [0, 0.1) is 0 Å². The molecule has 1 rings (SSSR count). The van der Waals surface area contributed by atoms with E-state index in [9.17, 15) is 9.90 Å². The van der Waals surface area contributed by atoms with Crippen LogP contribution in [0.25, 0.3) is 0 Å². The van der Waals surface area contributed by atoms with Crippen LogP contribution in [0.1, 0.15) is 19.8 Å². The van der Waals surface area contributed by atoms with E-state index in [4.69, 9.17) is 4.74 Å². The maximum Gasteiger partial charge on any atom is 0.220 e. The minimum absolute atomic E-state index is 0.0443. The number of allylic oxidation sites excluding steroid dienone is 1. The van der Waals surface area contributed by atoms with Crippen LogP contribution in [0.15, 0.2) is 12.7 Å². The van der Waals surface area contributed by atoms with Crippen molar-refractivity contribution in [1.82, 2.24) is 10.2 Å². The van der Waals surface area contributed by atoms with E-state index >= 15 is 0 Å². The van der Waals surface area contributed by atoms with E-state index in [-0.39, 0.29) is 12.5 Å². The summed E-state index contributed by atoms with van der Waals surface area (Å²) in [5.41, 5.74) is -0.902. The van der Waals surface area contributed by atoms with E-state index < -0.39 is 5.60 Å². The standard InChI is InChI=1S/C13H24N2O3/c1-3-4-5-12(16)14-10-13(2,17)11-15-6-8-18-9-7-15/h3,17H,1,4-11H2,2H3,(H,14,16).